The molecule has 0 unspecified atom stereocenters. The van der Waals surface area contributed by atoms with E-state index in [0.717, 1.165) is 22.9 Å². The van der Waals surface area contributed by atoms with E-state index in [1.54, 1.807) is 0 Å². The van der Waals surface area contributed by atoms with Gasteiger partial charge in [-0.1, -0.05) is 25.1 Å². The second-order valence-electron chi connectivity index (χ2n) is 5.69. The predicted octanol–water partition coefficient (Wildman–Crippen LogP) is 3.47. The first kappa shape index (κ1) is 13.8. The summed E-state index contributed by atoms with van der Waals surface area (Å²) in [5.41, 5.74) is 1.85. The van der Waals surface area contributed by atoms with Crippen LogP contribution in [0.1, 0.15) is 37.6 Å². The number of para-hydroxylation sites is 1. The fourth-order valence-corrected chi connectivity index (χ4v) is 2.09. The molecule has 2 rings (SSSR count). The summed E-state index contributed by atoms with van der Waals surface area (Å²) in [6.45, 7) is 6.92. The molecule has 102 valence electrons. The molecule has 3 nitrogen and oxygen atoms in total. The van der Waals surface area contributed by atoms with Crippen LogP contribution >= 0.6 is 0 Å². The van der Waals surface area contributed by atoms with Crippen molar-refractivity contribution >= 4 is 16.7 Å². The average molecular weight is 258 g/mol. The van der Waals surface area contributed by atoms with Gasteiger partial charge in [0.15, 0.2) is 5.78 Å². The summed E-state index contributed by atoms with van der Waals surface area (Å²) in [6.07, 6.45) is 2.84. The third-order valence-corrected chi connectivity index (χ3v) is 4.17. The molecule has 0 amide bonds. The molecule has 0 saturated heterocycles. The van der Waals surface area contributed by atoms with Gasteiger partial charge in [0.25, 0.3) is 0 Å². The molecule has 3 heteroatoms. The van der Waals surface area contributed by atoms with E-state index in [0.29, 0.717) is 6.54 Å². The highest BCUT2D eigenvalue weighted by Gasteiger charge is 2.24. The smallest absolute Gasteiger partial charge is 0.178 e. The van der Waals surface area contributed by atoms with E-state index in [-0.39, 0.29) is 11.3 Å². The lowest BCUT2D eigenvalue weighted by Crippen LogP contribution is -2.43. The first-order valence-electron chi connectivity index (χ1n) is 6.76. The third kappa shape index (κ3) is 2.71. The number of carbonyl (C=O) groups is 1. The Morgan fingerprint density at radius 2 is 2.00 bits per heavy atom. The van der Waals surface area contributed by atoms with Crippen LogP contribution in [0.3, 0.4) is 0 Å². The maximum absolute atomic E-state index is 12.4. The highest BCUT2D eigenvalue weighted by atomic mass is 16.1. The number of Topliss-reactive ketones (excluding diaryl/α,β-unsaturated/α-hetero) is 1. The van der Waals surface area contributed by atoms with Crippen LogP contribution in [0.5, 0.6) is 0 Å². The molecule has 0 aliphatic carbocycles. The van der Waals surface area contributed by atoms with Gasteiger partial charge < -0.3 is 4.98 Å². The summed E-state index contributed by atoms with van der Waals surface area (Å²) in [6, 6.07) is 7.92. The summed E-state index contributed by atoms with van der Waals surface area (Å²) >= 11 is 0. The summed E-state index contributed by atoms with van der Waals surface area (Å²) in [5, 5.41) is 1.01. The first-order chi connectivity index (χ1) is 8.95. The van der Waals surface area contributed by atoms with Crippen LogP contribution in [0, 0.1) is 0 Å². The van der Waals surface area contributed by atoms with Crippen LogP contribution in [-0.2, 0) is 0 Å². The van der Waals surface area contributed by atoms with Crippen molar-refractivity contribution in [3.63, 3.8) is 0 Å². The van der Waals surface area contributed by atoms with Crippen LogP contribution in [-0.4, -0.2) is 34.8 Å². The van der Waals surface area contributed by atoms with Crippen molar-refractivity contribution in [1.82, 2.24) is 9.88 Å². The fourth-order valence-electron chi connectivity index (χ4n) is 2.09. The van der Waals surface area contributed by atoms with Gasteiger partial charge >= 0.3 is 0 Å². The molecule has 0 radical (unpaired) electrons. The van der Waals surface area contributed by atoms with Crippen molar-refractivity contribution in [1.29, 1.82) is 0 Å². The monoisotopic (exact) mass is 258 g/mol. The number of hydrogen-bond donors (Lipinski definition) is 1. The summed E-state index contributed by atoms with van der Waals surface area (Å²) < 4.78 is 0. The zero-order valence-electron chi connectivity index (χ0n) is 12.2. The van der Waals surface area contributed by atoms with Gasteiger partial charge in [0.05, 0.1) is 6.54 Å². The van der Waals surface area contributed by atoms with E-state index in [4.69, 9.17) is 0 Å². The number of hydrogen-bond acceptors (Lipinski definition) is 2. The number of nitrogens with zero attached hydrogens (tertiary/aromatic N) is 1. The van der Waals surface area contributed by atoms with E-state index >= 15 is 0 Å². The highest BCUT2D eigenvalue weighted by Crippen LogP contribution is 2.21. The SMILES string of the molecule is CCC(C)(C)N(C)CC(=O)c1c[nH]c2ccccc12. The normalized spacial score (nSPS) is 12.3. The van der Waals surface area contributed by atoms with E-state index < -0.39 is 0 Å². The van der Waals surface area contributed by atoms with Gasteiger partial charge in [0.1, 0.15) is 0 Å². The number of aromatic amines is 1. The number of ketones is 1. The number of carbonyl (C=O) groups excluding carboxylic acids is 1. The van der Waals surface area contributed by atoms with Gasteiger partial charge in [0, 0.05) is 28.2 Å². The van der Waals surface area contributed by atoms with Gasteiger partial charge in [-0.05, 0) is 33.4 Å². The lowest BCUT2D eigenvalue weighted by molar-refractivity contribution is 0.0848. The predicted molar refractivity (Wildman–Crippen MR) is 79.6 cm³/mol. The minimum atomic E-state index is 0.0434. The maximum Gasteiger partial charge on any atom is 0.178 e. The van der Waals surface area contributed by atoms with E-state index in [2.05, 4.69) is 30.7 Å². The summed E-state index contributed by atoms with van der Waals surface area (Å²) in [4.78, 5) is 17.7. The number of nitrogens with one attached hydrogen (secondary N) is 1. The van der Waals surface area contributed by atoms with Gasteiger partial charge in [-0.15, -0.1) is 0 Å². The molecular weight excluding hydrogens is 236 g/mol. The molecule has 2 aromatic rings. The van der Waals surface area contributed by atoms with Gasteiger partial charge in [-0.25, -0.2) is 0 Å². The van der Waals surface area contributed by atoms with Crippen molar-refractivity contribution in [2.24, 2.45) is 0 Å². The number of fused-ring (bicyclic) bond motifs is 1. The molecule has 0 aliphatic heterocycles. The first-order valence-corrected chi connectivity index (χ1v) is 6.76. The van der Waals surface area contributed by atoms with E-state index in [1.165, 1.54) is 0 Å². The Labute approximate surface area is 114 Å². The van der Waals surface area contributed by atoms with Crippen molar-refractivity contribution in [3.05, 3.63) is 36.0 Å². The van der Waals surface area contributed by atoms with Crippen molar-refractivity contribution in [2.45, 2.75) is 32.7 Å². The standard InChI is InChI=1S/C16H22N2O/c1-5-16(2,3)18(4)11-15(19)13-10-17-14-9-7-6-8-12(13)14/h6-10,17H,5,11H2,1-4H3. The molecule has 19 heavy (non-hydrogen) atoms. The van der Waals surface area contributed by atoms with Crippen molar-refractivity contribution < 1.29 is 4.79 Å². The topological polar surface area (TPSA) is 36.1 Å². The van der Waals surface area contributed by atoms with Crippen LogP contribution in [0.4, 0.5) is 0 Å². The van der Waals surface area contributed by atoms with Crippen LogP contribution in [0.2, 0.25) is 0 Å². The molecule has 1 aromatic heterocycles. The summed E-state index contributed by atoms with van der Waals surface area (Å²) in [7, 11) is 2.01. The van der Waals surface area contributed by atoms with Gasteiger partial charge in [0.2, 0.25) is 0 Å². The lowest BCUT2D eigenvalue weighted by atomic mass is 9.99. The molecule has 1 aromatic carbocycles. The molecule has 0 saturated carbocycles. The molecule has 0 bridgehead atoms. The number of rotatable bonds is 5. The van der Waals surface area contributed by atoms with Gasteiger partial charge in [-0.2, -0.15) is 0 Å². The molecular formula is C16H22N2O. The van der Waals surface area contributed by atoms with Crippen LogP contribution in [0.15, 0.2) is 30.5 Å². The third-order valence-electron chi connectivity index (χ3n) is 4.17. The number of aromatic nitrogens is 1. The zero-order valence-corrected chi connectivity index (χ0v) is 12.2. The van der Waals surface area contributed by atoms with E-state index in [9.17, 15) is 4.79 Å². The fraction of sp³-hybridized carbons (Fsp3) is 0.438. The molecule has 0 fully saturated rings. The van der Waals surface area contributed by atoms with Crippen LogP contribution in [0.25, 0.3) is 10.9 Å². The largest absolute Gasteiger partial charge is 0.360 e. The number of likely N-dealkylation sites (N-methyl/N-ethyl adjacent to an activating group) is 1. The Balaban J connectivity index is 2.21. The quantitative estimate of drug-likeness (QED) is 0.834. The molecule has 1 N–H and O–H groups in total. The molecule has 1 heterocycles. The van der Waals surface area contributed by atoms with E-state index in [1.807, 2.05) is 37.5 Å². The second kappa shape index (κ2) is 5.17. The lowest BCUT2D eigenvalue weighted by Gasteiger charge is -2.34. The Bertz CT molecular complexity index is 583. The molecule has 0 atom stereocenters. The average Bonchev–Trinajstić information content (AvgIpc) is 2.82. The van der Waals surface area contributed by atoms with Crippen molar-refractivity contribution in [3.8, 4) is 0 Å². The minimum absolute atomic E-state index is 0.0434. The number of benzene rings is 1. The Morgan fingerprint density at radius 3 is 2.68 bits per heavy atom. The molecule has 0 spiro atoms. The maximum atomic E-state index is 12.4. The Morgan fingerprint density at radius 1 is 1.32 bits per heavy atom. The highest BCUT2D eigenvalue weighted by molar-refractivity contribution is 6.08. The van der Waals surface area contributed by atoms with Crippen molar-refractivity contribution in [2.75, 3.05) is 13.6 Å². The van der Waals surface area contributed by atoms with Gasteiger partial charge in [-0.3, -0.25) is 9.69 Å². The minimum Gasteiger partial charge on any atom is -0.360 e. The Kier molecular flexibility index (Phi) is 3.76. The Hall–Kier alpha value is -1.61. The zero-order chi connectivity index (χ0) is 14.0. The van der Waals surface area contributed by atoms with Crippen LogP contribution < -0.4 is 0 Å². The molecule has 0 aliphatic rings. The summed E-state index contributed by atoms with van der Waals surface area (Å²) in [5.74, 6) is 0.168. The number of H-pyrrole nitrogens is 1. The second-order valence-corrected chi connectivity index (χ2v) is 5.69.